The van der Waals surface area contributed by atoms with E-state index in [1.165, 1.54) is 86.5 Å². The number of fused-ring (bicyclic) bond motifs is 4. The van der Waals surface area contributed by atoms with Gasteiger partial charge in [-0.05, 0) is 221 Å². The summed E-state index contributed by atoms with van der Waals surface area (Å²) in [4.78, 5) is 137. The highest BCUT2D eigenvalue weighted by molar-refractivity contribution is 6.01. The number of halogens is 5. The zero-order valence-corrected chi connectivity index (χ0v) is 83.3. The Balaban J connectivity index is 0.000000149. The number of piperazine rings is 4. The Morgan fingerprint density at radius 1 is 0.336 bits per heavy atom. The Hall–Kier alpha value is -13.8. The van der Waals surface area contributed by atoms with Crippen LogP contribution in [0, 0.1) is 28.7 Å². The smallest absolute Gasteiger partial charge is 0.292 e. The van der Waals surface area contributed by atoms with Crippen LogP contribution in [0.15, 0.2) is 180 Å². The summed E-state index contributed by atoms with van der Waals surface area (Å²) < 4.78 is 97.2. The number of alkyl halides is 1. The van der Waals surface area contributed by atoms with Gasteiger partial charge in [0, 0.05) is 159 Å². The lowest BCUT2D eigenvalue weighted by atomic mass is 9.91. The average molecular weight is 1920 g/mol. The van der Waals surface area contributed by atoms with Crippen LogP contribution in [0.5, 0.6) is 0 Å². The number of furan rings is 4. The van der Waals surface area contributed by atoms with Crippen molar-refractivity contribution in [3.05, 3.63) is 232 Å². The molecule has 738 valence electrons. The number of aromatic nitrogens is 5. The number of nitrogens with zero attached hydrogens (tertiary/aromatic N) is 13. The summed E-state index contributed by atoms with van der Waals surface area (Å²) in [7, 11) is 0. The molecule has 13 heterocycles. The molecule has 4 aliphatic rings. The summed E-state index contributed by atoms with van der Waals surface area (Å²) in [5.41, 5.74) is 9.06. The van der Waals surface area contributed by atoms with Gasteiger partial charge in [0.2, 0.25) is 11.7 Å². The minimum Gasteiger partial charge on any atom is -0.449 e. The fraction of sp³-hybridized carbons (Fsp3) is 0.417. The molecule has 4 aromatic carbocycles. The lowest BCUT2D eigenvalue weighted by molar-refractivity contribution is -0.146. The van der Waals surface area contributed by atoms with Crippen molar-refractivity contribution in [3.8, 4) is 45.0 Å². The number of pyridine rings is 4. The zero-order valence-electron chi connectivity index (χ0n) is 83.3. The molecule has 4 aliphatic heterocycles. The van der Waals surface area contributed by atoms with Gasteiger partial charge in [-0.3, -0.25) is 38.4 Å². The first kappa shape index (κ1) is 102. The molecule has 1 N–H and O–H groups in total. The summed E-state index contributed by atoms with van der Waals surface area (Å²) in [5.74, 6) is -2.00. The van der Waals surface area contributed by atoms with Crippen molar-refractivity contribution >= 4 is 91.7 Å². The molecule has 0 saturated carbocycles. The number of aliphatic hydroxyl groups excluding tert-OH is 1. The molecule has 0 aliphatic carbocycles. The van der Waals surface area contributed by atoms with Gasteiger partial charge in [0.25, 0.3) is 41.4 Å². The molecule has 1 atom stereocenters. The van der Waals surface area contributed by atoms with E-state index in [0.717, 1.165) is 44.5 Å². The summed E-state index contributed by atoms with van der Waals surface area (Å²) >= 11 is 0. The molecule has 13 aromatic rings. The first-order valence-electron chi connectivity index (χ1n) is 47.2. The number of hydrogen-bond acceptors (Lipinski definition) is 19. The van der Waals surface area contributed by atoms with Gasteiger partial charge in [0.05, 0.1) is 51.1 Å². The number of aliphatic hydroxyl groups is 1. The topological polar surface area (TPSA) is 313 Å². The third-order valence-electron chi connectivity index (χ3n) is 25.8. The van der Waals surface area contributed by atoms with Crippen molar-refractivity contribution in [3.63, 3.8) is 0 Å². The summed E-state index contributed by atoms with van der Waals surface area (Å²) in [5, 5.41) is 13.3. The van der Waals surface area contributed by atoms with E-state index in [9.17, 15) is 65.4 Å². The largest absolute Gasteiger partial charge is 0.449 e. The van der Waals surface area contributed by atoms with Crippen LogP contribution in [0.2, 0.25) is 0 Å². The van der Waals surface area contributed by atoms with E-state index in [1.807, 2.05) is 147 Å². The molecular weight excluding hydrogens is 1800 g/mol. The van der Waals surface area contributed by atoms with Crippen LogP contribution < -0.4 is 0 Å². The van der Waals surface area contributed by atoms with Crippen LogP contribution in [0.25, 0.3) is 89.4 Å². The summed E-state index contributed by atoms with van der Waals surface area (Å²) in [6.45, 7) is 45.3. The first-order chi connectivity index (χ1) is 65.7. The minimum absolute atomic E-state index is 0.0838. The monoisotopic (exact) mass is 1920 g/mol. The molecular formula is C108H122F5N13O14. The van der Waals surface area contributed by atoms with E-state index >= 15 is 0 Å². The van der Waals surface area contributed by atoms with Gasteiger partial charge >= 0.3 is 0 Å². The van der Waals surface area contributed by atoms with Crippen LogP contribution in [0.3, 0.4) is 0 Å². The van der Waals surface area contributed by atoms with Gasteiger partial charge in [0.1, 0.15) is 51.4 Å². The van der Waals surface area contributed by atoms with Crippen LogP contribution in [0.1, 0.15) is 251 Å². The highest BCUT2D eigenvalue weighted by Crippen LogP contribution is 2.41. The molecule has 4 saturated heterocycles. The predicted molar refractivity (Wildman–Crippen MR) is 523 cm³/mol. The summed E-state index contributed by atoms with van der Waals surface area (Å²) in [6, 6.07) is 40.5. The van der Waals surface area contributed by atoms with Gasteiger partial charge in [-0.25, -0.2) is 41.9 Å². The second kappa shape index (κ2) is 39.8. The lowest BCUT2D eigenvalue weighted by Crippen LogP contribution is -2.63. The van der Waals surface area contributed by atoms with E-state index < -0.39 is 45.3 Å². The molecule has 0 bridgehead atoms. The Labute approximate surface area is 810 Å². The number of amides is 8. The number of carbonyl (C=O) groups excluding carboxylic acids is 8. The highest BCUT2D eigenvalue weighted by atomic mass is 19.1. The molecule has 17 rings (SSSR count). The van der Waals surface area contributed by atoms with E-state index in [0.29, 0.717) is 126 Å². The van der Waals surface area contributed by atoms with Crippen molar-refractivity contribution in [2.75, 3.05) is 78.5 Å². The second-order valence-electron chi connectivity index (χ2n) is 41.6. The summed E-state index contributed by atoms with van der Waals surface area (Å²) in [6.07, 6.45) is 0.352. The molecule has 4 fully saturated rings. The fourth-order valence-electron chi connectivity index (χ4n) is 18.4. The Morgan fingerprint density at radius 2 is 0.586 bits per heavy atom. The number of carbonyl (C=O) groups is 8. The Morgan fingerprint density at radius 3 is 0.821 bits per heavy atom. The van der Waals surface area contributed by atoms with Crippen LogP contribution in [-0.4, -0.2) is 229 Å². The second-order valence-corrected chi connectivity index (χ2v) is 41.6. The Bertz CT molecular complexity index is 6620. The normalized spacial score (nSPS) is 16.2. The maximum absolute atomic E-state index is 14.2. The third-order valence-corrected chi connectivity index (χ3v) is 25.8. The molecule has 0 radical (unpaired) electrons. The molecule has 8 amide bonds. The SMILES string of the molecule is CC(C)c1cc(-c2ccc(F)cc2)nc2cc(C(=O)N3CCN(C(=O)C(C)(C)C)CC3(C)C)oc12.CC(C)c1cc(-c2ccc(F)cc2)nc2cc(C(=O)N3CCN(C(=O)C(C)(C)F)CC3(C)C)oc12.CC(C)c1cc(-c2ccc(F)cc2)nc2cc(C(=O)N3CCN(C(=O)[C@H](C)O)CC3(C)C)oc12.CC(C)c1cc(-c2ccc(F)cc2)nc2cc(C(=O)N3CCN(C(=O)c4ccno4)CC3(C)C)oc12. The first-order valence-corrected chi connectivity index (χ1v) is 47.2. The van der Waals surface area contributed by atoms with Gasteiger partial charge in [-0.2, -0.15) is 0 Å². The molecule has 0 unspecified atom stereocenters. The maximum Gasteiger partial charge on any atom is 0.292 e. The van der Waals surface area contributed by atoms with Crippen molar-refractivity contribution in [2.45, 2.75) is 210 Å². The third kappa shape index (κ3) is 21.9. The van der Waals surface area contributed by atoms with E-state index in [2.05, 4.69) is 29.0 Å². The maximum atomic E-state index is 14.2. The number of hydrogen-bond donors (Lipinski definition) is 1. The van der Waals surface area contributed by atoms with E-state index in [1.54, 1.807) is 102 Å². The molecule has 0 spiro atoms. The van der Waals surface area contributed by atoms with Crippen LogP contribution >= 0.6 is 0 Å². The van der Waals surface area contributed by atoms with Crippen LogP contribution in [-0.2, 0) is 14.4 Å². The van der Waals surface area contributed by atoms with Gasteiger partial charge < -0.3 is 66.5 Å². The quantitative estimate of drug-likeness (QED) is 0.0932. The number of rotatable bonds is 15. The fourth-order valence-corrected chi connectivity index (χ4v) is 18.4. The zero-order chi connectivity index (χ0) is 102. The van der Waals surface area contributed by atoms with Gasteiger partial charge in [0.15, 0.2) is 51.0 Å². The average Bonchev–Trinajstić information content (AvgIpc) is 1.63. The highest BCUT2D eigenvalue weighted by Gasteiger charge is 2.47. The minimum atomic E-state index is -1.97. The standard InChI is InChI=1S/C28H34FN3O3.C27H31F2N3O3.C27H27FN4O4.C26H30FN3O4/c1-17(2)20-14-21(18-8-10-19(29)11-9-18)30-22-15-23(35-24(20)22)25(33)32-13-12-31(16-28(32,6)7)26(34)27(3,4)5;1-16(2)19-13-20(17-7-9-18(28)10-8-17)30-21-14-22(35-23(19)21)24(33)32-12-11-31(15-26(32,3)4)25(34)27(5,6)29;1-16(2)19-13-20(17-5-7-18(28)8-6-17)30-21-14-23(35-24(19)21)26(34)32-12-11-31(15-27(32,3)4)25(33)22-9-10-29-36-22;1-15(2)19-12-20(17-6-8-18(27)9-7-17)28-21-13-22(34-23(19)21)25(33)30-11-10-29(14-26(30,4)5)24(32)16(3)31/h8-11,14-15,17H,12-13,16H2,1-7H3;7-10,13-14,16H,11-12,15H2,1-6H3;5-10,13-14,16H,11-12,15H2,1-4H3;6-9,12-13,15-16,31H,10-11,14H2,1-5H3/t;;;16-/m...0/s1. The van der Waals surface area contributed by atoms with Crippen LogP contribution in [0.4, 0.5) is 22.0 Å². The van der Waals surface area contributed by atoms with Crippen molar-refractivity contribution in [1.82, 2.24) is 64.3 Å². The lowest BCUT2D eigenvalue weighted by Gasteiger charge is -2.48. The Kier molecular flexibility index (Phi) is 29.1. The van der Waals surface area contributed by atoms with E-state index in [4.69, 9.17) is 32.2 Å². The predicted octanol–water partition coefficient (Wildman–Crippen LogP) is 20.8. The van der Waals surface area contributed by atoms with Gasteiger partial charge in [-0.15, -0.1) is 0 Å². The van der Waals surface area contributed by atoms with E-state index in [-0.39, 0.29) is 137 Å². The van der Waals surface area contributed by atoms with Crippen molar-refractivity contribution in [2.24, 2.45) is 5.41 Å². The van der Waals surface area contributed by atoms with Gasteiger partial charge in [-0.1, -0.05) is 81.3 Å². The van der Waals surface area contributed by atoms with Crippen molar-refractivity contribution < 1.29 is 87.6 Å². The molecule has 32 heteroatoms. The molecule has 27 nitrogen and oxygen atoms in total. The molecule has 140 heavy (non-hydrogen) atoms. The number of benzene rings is 4. The molecule has 9 aromatic heterocycles. The van der Waals surface area contributed by atoms with Crippen molar-refractivity contribution in [1.29, 1.82) is 0 Å².